The molecule has 0 saturated heterocycles. The number of nitrogens with one attached hydrogen (secondary N) is 1. The van der Waals surface area contributed by atoms with Crippen molar-refractivity contribution in [2.75, 3.05) is 5.32 Å². The third-order valence-electron chi connectivity index (χ3n) is 3.03. The topological polar surface area (TPSA) is 73.1 Å². The average Bonchev–Trinajstić information content (AvgIpc) is 2.38. The smallest absolute Gasteiger partial charge is 0.328 e. The van der Waals surface area contributed by atoms with Crippen molar-refractivity contribution in [3.63, 3.8) is 0 Å². The molecule has 2 rings (SSSR count). The van der Waals surface area contributed by atoms with E-state index in [1.807, 2.05) is 24.3 Å². The molecule has 0 aliphatic carbocycles. The minimum Gasteiger partial charge on any atom is -0.480 e. The summed E-state index contributed by atoms with van der Waals surface area (Å²) in [6, 6.07) is 13.0. The van der Waals surface area contributed by atoms with Gasteiger partial charge in [0.1, 0.15) is 5.54 Å². The van der Waals surface area contributed by atoms with E-state index < -0.39 is 11.5 Å². The first-order chi connectivity index (χ1) is 8.95. The Morgan fingerprint density at radius 2 is 1.84 bits per heavy atom. The van der Waals surface area contributed by atoms with E-state index in [4.69, 9.17) is 10.4 Å². The van der Waals surface area contributed by atoms with Gasteiger partial charge >= 0.3 is 5.97 Å². The minimum atomic E-state index is -1.07. The van der Waals surface area contributed by atoms with Gasteiger partial charge in [0.2, 0.25) is 0 Å². The molecule has 0 atom stereocenters. The Bertz CT molecular complexity index is 684. The number of rotatable bonds is 3. The Hall–Kier alpha value is -2.54. The monoisotopic (exact) mass is 254 g/mol. The lowest BCUT2D eigenvalue weighted by atomic mass is 10.0. The summed E-state index contributed by atoms with van der Waals surface area (Å²) in [7, 11) is 0. The Labute approximate surface area is 111 Å². The van der Waals surface area contributed by atoms with Crippen molar-refractivity contribution in [1.29, 1.82) is 5.26 Å². The van der Waals surface area contributed by atoms with E-state index in [2.05, 4.69) is 11.4 Å². The van der Waals surface area contributed by atoms with Crippen molar-refractivity contribution >= 4 is 22.4 Å². The van der Waals surface area contributed by atoms with Gasteiger partial charge in [-0.1, -0.05) is 24.3 Å². The van der Waals surface area contributed by atoms with E-state index in [-0.39, 0.29) is 0 Å². The van der Waals surface area contributed by atoms with Crippen LogP contribution >= 0.6 is 0 Å². The number of nitrogens with zero attached hydrogens (tertiary/aromatic N) is 1. The predicted octanol–water partition coefficient (Wildman–Crippen LogP) is 2.99. The van der Waals surface area contributed by atoms with Crippen LogP contribution in [0.25, 0.3) is 10.8 Å². The summed E-state index contributed by atoms with van der Waals surface area (Å²) in [5.74, 6) is -0.930. The highest BCUT2D eigenvalue weighted by Crippen LogP contribution is 2.28. The van der Waals surface area contributed by atoms with Crippen molar-refractivity contribution in [3.8, 4) is 6.07 Å². The van der Waals surface area contributed by atoms with E-state index in [1.54, 1.807) is 26.0 Å². The van der Waals surface area contributed by atoms with Gasteiger partial charge in [0, 0.05) is 16.5 Å². The number of carboxylic acids is 1. The third-order valence-corrected chi connectivity index (χ3v) is 3.03. The molecule has 2 aromatic carbocycles. The highest BCUT2D eigenvalue weighted by atomic mass is 16.4. The van der Waals surface area contributed by atoms with Crippen molar-refractivity contribution in [3.05, 3.63) is 42.0 Å². The maximum Gasteiger partial charge on any atom is 0.328 e. The third kappa shape index (κ3) is 2.36. The largest absolute Gasteiger partial charge is 0.480 e. The summed E-state index contributed by atoms with van der Waals surface area (Å²) >= 11 is 0. The fourth-order valence-corrected chi connectivity index (χ4v) is 1.90. The molecule has 2 N–H and O–H groups in total. The van der Waals surface area contributed by atoms with Gasteiger partial charge in [0.25, 0.3) is 0 Å². The zero-order valence-corrected chi connectivity index (χ0v) is 10.8. The van der Waals surface area contributed by atoms with Crippen LogP contribution in [0, 0.1) is 11.3 Å². The SMILES string of the molecule is CC(C)(Nc1ccc(C#N)c2ccccc12)C(=O)O. The van der Waals surface area contributed by atoms with Gasteiger partial charge in [-0.15, -0.1) is 0 Å². The second kappa shape index (κ2) is 4.62. The molecule has 0 saturated carbocycles. The number of aliphatic carboxylic acids is 1. The van der Waals surface area contributed by atoms with Gasteiger partial charge in [0.15, 0.2) is 0 Å². The normalized spacial score (nSPS) is 11.0. The lowest BCUT2D eigenvalue weighted by molar-refractivity contribution is -0.141. The number of carbonyl (C=O) groups is 1. The first kappa shape index (κ1) is 12.9. The Kier molecular flexibility index (Phi) is 3.14. The van der Waals surface area contributed by atoms with Gasteiger partial charge in [-0.25, -0.2) is 4.79 Å². The molecule has 0 aliphatic rings. The highest BCUT2D eigenvalue weighted by molar-refractivity contribution is 5.98. The summed E-state index contributed by atoms with van der Waals surface area (Å²) in [6.45, 7) is 3.20. The van der Waals surface area contributed by atoms with Gasteiger partial charge < -0.3 is 10.4 Å². The molecule has 96 valence electrons. The zero-order chi connectivity index (χ0) is 14.0. The standard InChI is InChI=1S/C15H14N2O2/c1-15(2,14(18)19)17-13-8-7-10(9-16)11-5-3-4-6-12(11)13/h3-8,17H,1-2H3,(H,18,19). The molecule has 0 heterocycles. The van der Waals surface area contributed by atoms with Gasteiger partial charge in [-0.3, -0.25) is 0 Å². The van der Waals surface area contributed by atoms with E-state index in [9.17, 15) is 4.79 Å². The Morgan fingerprint density at radius 3 is 2.42 bits per heavy atom. The Morgan fingerprint density at radius 1 is 1.21 bits per heavy atom. The van der Waals surface area contributed by atoms with Crippen LogP contribution in [0.4, 0.5) is 5.69 Å². The highest BCUT2D eigenvalue weighted by Gasteiger charge is 2.27. The lowest BCUT2D eigenvalue weighted by Crippen LogP contribution is -2.40. The summed E-state index contributed by atoms with van der Waals surface area (Å²) < 4.78 is 0. The van der Waals surface area contributed by atoms with Crippen LogP contribution < -0.4 is 5.32 Å². The summed E-state index contributed by atoms with van der Waals surface area (Å²) in [6.07, 6.45) is 0. The van der Waals surface area contributed by atoms with E-state index in [1.165, 1.54) is 0 Å². The van der Waals surface area contributed by atoms with Crippen LogP contribution in [0.2, 0.25) is 0 Å². The first-order valence-corrected chi connectivity index (χ1v) is 5.89. The molecular weight excluding hydrogens is 240 g/mol. The lowest BCUT2D eigenvalue weighted by Gasteiger charge is -2.23. The van der Waals surface area contributed by atoms with E-state index in [0.717, 1.165) is 10.8 Å². The van der Waals surface area contributed by atoms with Crippen molar-refractivity contribution in [2.24, 2.45) is 0 Å². The molecule has 0 amide bonds. The number of benzene rings is 2. The molecule has 19 heavy (non-hydrogen) atoms. The molecular formula is C15H14N2O2. The fraction of sp³-hybridized carbons (Fsp3) is 0.200. The summed E-state index contributed by atoms with van der Waals surface area (Å²) in [5.41, 5.74) is 0.216. The molecule has 0 radical (unpaired) electrons. The number of hydrogen-bond donors (Lipinski definition) is 2. The second-order valence-electron chi connectivity index (χ2n) is 4.87. The maximum atomic E-state index is 11.2. The number of hydrogen-bond acceptors (Lipinski definition) is 3. The van der Waals surface area contributed by atoms with Crippen molar-refractivity contribution in [2.45, 2.75) is 19.4 Å². The molecule has 4 heteroatoms. The second-order valence-corrected chi connectivity index (χ2v) is 4.87. The fourth-order valence-electron chi connectivity index (χ4n) is 1.90. The van der Waals surface area contributed by atoms with Gasteiger partial charge in [-0.05, 0) is 26.0 Å². The van der Waals surface area contributed by atoms with Crippen LogP contribution in [0.3, 0.4) is 0 Å². The molecule has 0 aliphatic heterocycles. The molecule has 0 aromatic heterocycles. The average molecular weight is 254 g/mol. The van der Waals surface area contributed by atoms with Gasteiger partial charge in [0.05, 0.1) is 11.6 Å². The Balaban J connectivity index is 2.58. The minimum absolute atomic E-state index is 0.578. The number of anilines is 1. The molecule has 0 unspecified atom stereocenters. The molecule has 0 fully saturated rings. The van der Waals surface area contributed by atoms with E-state index >= 15 is 0 Å². The van der Waals surface area contributed by atoms with Crippen molar-refractivity contribution < 1.29 is 9.90 Å². The van der Waals surface area contributed by atoms with E-state index in [0.29, 0.717) is 11.3 Å². The van der Waals surface area contributed by atoms with Crippen LogP contribution in [-0.2, 0) is 4.79 Å². The number of carboxylic acid groups (broad SMARTS) is 1. The van der Waals surface area contributed by atoms with Crippen LogP contribution in [-0.4, -0.2) is 16.6 Å². The molecule has 4 nitrogen and oxygen atoms in total. The summed E-state index contributed by atoms with van der Waals surface area (Å²) in [5, 5.41) is 22.9. The summed E-state index contributed by atoms with van der Waals surface area (Å²) in [4.78, 5) is 11.2. The first-order valence-electron chi connectivity index (χ1n) is 5.89. The molecule has 0 bridgehead atoms. The van der Waals surface area contributed by atoms with Crippen molar-refractivity contribution in [1.82, 2.24) is 0 Å². The maximum absolute atomic E-state index is 11.2. The van der Waals surface area contributed by atoms with Gasteiger partial charge in [-0.2, -0.15) is 5.26 Å². The number of nitriles is 1. The number of fused-ring (bicyclic) bond motifs is 1. The zero-order valence-electron chi connectivity index (χ0n) is 10.8. The van der Waals surface area contributed by atoms with Crippen LogP contribution in [0.15, 0.2) is 36.4 Å². The molecule has 2 aromatic rings. The molecule has 0 spiro atoms. The quantitative estimate of drug-likeness (QED) is 0.883. The van der Waals surface area contributed by atoms with Crippen LogP contribution in [0.1, 0.15) is 19.4 Å². The predicted molar refractivity (Wildman–Crippen MR) is 74.0 cm³/mol. The van der Waals surface area contributed by atoms with Crippen LogP contribution in [0.5, 0.6) is 0 Å².